The molecule has 41 heavy (non-hydrogen) atoms. The maximum atomic E-state index is 14.3. The lowest BCUT2D eigenvalue weighted by atomic mass is 10.3. The highest BCUT2D eigenvalue weighted by Crippen LogP contribution is 2.57. The lowest BCUT2D eigenvalue weighted by molar-refractivity contribution is -0.120. The van der Waals surface area contributed by atoms with Gasteiger partial charge in [-0.2, -0.15) is 4.57 Å². The SMILES string of the molecule is CCCCNC(=O)/C(OP(=O)(O/C(C(=O)NCCCC)=C(/Cl)SC)O/C(C(=O)NCCCC)=C(/Cl)SC)=C(\Cl)SC. The molecule has 0 atom stereocenters. The van der Waals surface area contributed by atoms with Crippen molar-refractivity contribution in [3.8, 4) is 0 Å². The van der Waals surface area contributed by atoms with Crippen LogP contribution in [0.1, 0.15) is 59.3 Å². The van der Waals surface area contributed by atoms with Crippen molar-refractivity contribution in [3.05, 3.63) is 30.4 Å². The zero-order valence-corrected chi connectivity index (χ0v) is 29.6. The Morgan fingerprint density at radius 2 is 0.829 bits per heavy atom. The van der Waals surface area contributed by atoms with Crippen LogP contribution in [0.15, 0.2) is 30.4 Å². The van der Waals surface area contributed by atoms with E-state index >= 15 is 0 Å². The predicted molar refractivity (Wildman–Crippen MR) is 174 cm³/mol. The first-order valence-corrected chi connectivity index (χ1v) is 19.1. The molecule has 3 N–H and O–H groups in total. The molecule has 0 heterocycles. The number of rotatable bonds is 21. The van der Waals surface area contributed by atoms with Crippen LogP contribution in [0.3, 0.4) is 0 Å². The van der Waals surface area contributed by atoms with Gasteiger partial charge < -0.3 is 29.5 Å². The molecule has 0 bridgehead atoms. The summed E-state index contributed by atoms with van der Waals surface area (Å²) in [4.78, 5) is 39.0. The van der Waals surface area contributed by atoms with Crippen LogP contribution in [0.5, 0.6) is 0 Å². The molecule has 0 saturated carbocycles. The summed E-state index contributed by atoms with van der Waals surface area (Å²) >= 11 is 21.6. The lowest BCUT2D eigenvalue weighted by Gasteiger charge is -2.23. The molecular weight excluding hydrogens is 676 g/mol. The van der Waals surface area contributed by atoms with Crippen LogP contribution in [-0.2, 0) is 32.5 Å². The molecule has 3 amide bonds. The summed E-state index contributed by atoms with van der Waals surface area (Å²) < 4.78 is 30.4. The minimum Gasteiger partial charge on any atom is -0.378 e. The maximum Gasteiger partial charge on any atom is 0.647 e. The van der Waals surface area contributed by atoms with Gasteiger partial charge in [0.1, 0.15) is 13.1 Å². The number of thioether (sulfide) groups is 3. The van der Waals surface area contributed by atoms with Crippen LogP contribution < -0.4 is 16.0 Å². The Labute approximate surface area is 270 Å². The van der Waals surface area contributed by atoms with Gasteiger partial charge in [0.25, 0.3) is 17.7 Å². The molecule has 0 fully saturated rings. The van der Waals surface area contributed by atoms with Crippen molar-refractivity contribution in [2.75, 3.05) is 38.4 Å². The Balaban J connectivity index is 6.84. The third-order valence-electron chi connectivity index (χ3n) is 4.75. The van der Waals surface area contributed by atoms with E-state index in [2.05, 4.69) is 16.0 Å². The molecule has 0 aromatic carbocycles. The fraction of sp³-hybridized carbons (Fsp3) is 0.625. The molecule has 0 aromatic heterocycles. The van der Waals surface area contributed by atoms with E-state index in [9.17, 15) is 18.9 Å². The van der Waals surface area contributed by atoms with Gasteiger partial charge >= 0.3 is 7.82 Å². The van der Waals surface area contributed by atoms with Gasteiger partial charge in [-0.3, -0.25) is 14.4 Å². The minimum atomic E-state index is -5.12. The molecule has 0 unspecified atom stereocenters. The number of carbonyl (C=O) groups is 3. The average Bonchev–Trinajstić information content (AvgIpc) is 2.96. The number of hydrogen-bond acceptors (Lipinski definition) is 10. The lowest BCUT2D eigenvalue weighted by Crippen LogP contribution is -2.30. The topological polar surface area (TPSA) is 132 Å². The first kappa shape index (κ1) is 40.2. The highest BCUT2D eigenvalue weighted by molar-refractivity contribution is 8.04. The molecule has 17 heteroatoms. The van der Waals surface area contributed by atoms with E-state index in [1.165, 1.54) is 0 Å². The second-order valence-corrected chi connectivity index (χ2v) is 13.7. The summed E-state index contributed by atoms with van der Waals surface area (Å²) in [5.74, 6) is -4.24. The Kier molecular flexibility index (Phi) is 22.2. The largest absolute Gasteiger partial charge is 0.647 e. The van der Waals surface area contributed by atoms with Gasteiger partial charge in [-0.15, -0.1) is 35.3 Å². The monoisotopic (exact) mass is 713 g/mol. The minimum absolute atomic E-state index is 0.186. The Hall–Kier alpha value is -0.820. The smallest absolute Gasteiger partial charge is 0.378 e. The summed E-state index contributed by atoms with van der Waals surface area (Å²) in [6.45, 7) is 6.65. The van der Waals surface area contributed by atoms with Crippen molar-refractivity contribution < 1.29 is 32.5 Å². The summed E-state index contributed by atoms with van der Waals surface area (Å²) in [7, 11) is -5.12. The Morgan fingerprint density at radius 1 is 0.585 bits per heavy atom. The van der Waals surface area contributed by atoms with Crippen LogP contribution in [0.2, 0.25) is 0 Å². The van der Waals surface area contributed by atoms with E-state index in [-0.39, 0.29) is 32.7 Å². The van der Waals surface area contributed by atoms with Crippen LogP contribution in [-0.4, -0.2) is 56.1 Å². The van der Waals surface area contributed by atoms with Gasteiger partial charge in [-0.1, -0.05) is 74.8 Å². The molecule has 0 saturated heterocycles. The number of amides is 3. The summed E-state index contributed by atoms with van der Waals surface area (Å²) in [5.41, 5.74) is 0. The number of hydrogen-bond donors (Lipinski definition) is 3. The molecule has 0 aliphatic heterocycles. The van der Waals surface area contributed by atoms with Crippen LogP contribution >= 0.6 is 77.9 Å². The highest BCUT2D eigenvalue weighted by Gasteiger charge is 2.42. The molecule has 0 rings (SSSR count). The number of nitrogens with one attached hydrogen (secondary N) is 3. The van der Waals surface area contributed by atoms with Crippen molar-refractivity contribution in [1.82, 2.24) is 16.0 Å². The summed E-state index contributed by atoms with van der Waals surface area (Å²) in [6.07, 6.45) is 9.04. The first-order valence-electron chi connectivity index (χ1n) is 12.8. The average molecular weight is 715 g/mol. The number of unbranched alkanes of at least 4 members (excludes halogenated alkanes) is 3. The second kappa shape index (κ2) is 22.7. The van der Waals surface area contributed by atoms with E-state index in [0.717, 1.165) is 54.5 Å². The van der Waals surface area contributed by atoms with Gasteiger partial charge in [0, 0.05) is 19.6 Å². The van der Waals surface area contributed by atoms with Crippen molar-refractivity contribution >= 4 is 95.6 Å². The normalized spacial score (nSPS) is 13.3. The second-order valence-electron chi connectivity index (χ2n) is 7.97. The first-order chi connectivity index (χ1) is 19.4. The van der Waals surface area contributed by atoms with Gasteiger partial charge in [0.15, 0.2) is 0 Å². The fourth-order valence-corrected chi connectivity index (χ4v) is 5.53. The summed E-state index contributed by atoms with van der Waals surface area (Å²) in [5, 5.41) is 7.85. The fourth-order valence-electron chi connectivity index (χ4n) is 2.55. The van der Waals surface area contributed by atoms with E-state index in [0.29, 0.717) is 19.3 Å². The standard InChI is InChI=1S/C24H39Cl3N3O7PS3/c1-7-10-13-28-22(31)16(19(25)39-4)35-38(34,36-17(20(26)40-5)23(32)29-14-11-8-2)37-18(21(27)41-6)24(33)30-15-12-9-3/h7-15H2,1-6H3,(H,28,31)(H,29,32)(H,30,33)/b19-16-,20-17-,21-18-. The molecule has 0 aliphatic rings. The van der Waals surface area contributed by atoms with E-state index in [1.807, 2.05) is 20.8 Å². The molecule has 236 valence electrons. The van der Waals surface area contributed by atoms with E-state index in [1.54, 1.807) is 18.8 Å². The highest BCUT2D eigenvalue weighted by atomic mass is 35.5. The molecule has 10 nitrogen and oxygen atoms in total. The Bertz CT molecular complexity index is 906. The van der Waals surface area contributed by atoms with Gasteiger partial charge in [0.2, 0.25) is 17.3 Å². The number of phosphoric acid groups is 1. The predicted octanol–water partition coefficient (Wildman–Crippen LogP) is 7.21. The molecule has 0 aromatic rings. The number of halogens is 3. The van der Waals surface area contributed by atoms with Crippen LogP contribution in [0.25, 0.3) is 0 Å². The molecular formula is C24H39Cl3N3O7PS3. The third-order valence-corrected chi connectivity index (χ3v) is 9.50. The number of phosphoric ester groups is 1. The Morgan fingerprint density at radius 3 is 1.02 bits per heavy atom. The van der Waals surface area contributed by atoms with Crippen LogP contribution in [0, 0.1) is 0 Å². The van der Waals surface area contributed by atoms with Gasteiger partial charge in [0.05, 0.1) is 0 Å². The van der Waals surface area contributed by atoms with E-state index in [4.69, 9.17) is 48.4 Å². The third kappa shape index (κ3) is 15.5. The van der Waals surface area contributed by atoms with Crippen molar-refractivity contribution in [1.29, 1.82) is 0 Å². The van der Waals surface area contributed by atoms with Crippen molar-refractivity contribution in [2.45, 2.75) is 59.3 Å². The zero-order chi connectivity index (χ0) is 31.4. The molecule has 0 spiro atoms. The van der Waals surface area contributed by atoms with Crippen LogP contribution in [0.4, 0.5) is 0 Å². The van der Waals surface area contributed by atoms with Gasteiger partial charge in [-0.25, -0.2) is 0 Å². The molecule has 0 radical (unpaired) electrons. The van der Waals surface area contributed by atoms with E-state index < -0.39 is 42.8 Å². The quantitative estimate of drug-likeness (QED) is 0.0485. The van der Waals surface area contributed by atoms with Crippen molar-refractivity contribution in [3.63, 3.8) is 0 Å². The summed E-state index contributed by atoms with van der Waals surface area (Å²) in [6, 6.07) is 0. The zero-order valence-electron chi connectivity index (χ0n) is 24.0. The number of carbonyl (C=O) groups excluding carboxylic acids is 3. The van der Waals surface area contributed by atoms with Gasteiger partial charge in [-0.05, 0) is 38.0 Å². The molecule has 0 aliphatic carbocycles. The maximum absolute atomic E-state index is 14.3. The van der Waals surface area contributed by atoms with Crippen molar-refractivity contribution in [2.24, 2.45) is 0 Å².